The molecule has 4 atom stereocenters. The third kappa shape index (κ3) is 11.7. The topological polar surface area (TPSA) is 244 Å². The van der Waals surface area contributed by atoms with Crippen LogP contribution in [-0.2, 0) is 25.6 Å². The summed E-state index contributed by atoms with van der Waals surface area (Å²) in [5, 5.41) is 17.4. The van der Waals surface area contributed by atoms with Crippen molar-refractivity contribution in [2.24, 2.45) is 34.0 Å². The molecule has 1 aromatic heterocycles. The number of aliphatic imine (C=N–C) groups is 1. The van der Waals surface area contributed by atoms with Crippen LogP contribution in [0.4, 0.5) is 0 Å². The lowest BCUT2D eigenvalue weighted by Crippen LogP contribution is -2.58. The van der Waals surface area contributed by atoms with Gasteiger partial charge in [-0.1, -0.05) is 27.7 Å². The van der Waals surface area contributed by atoms with Crippen LogP contribution in [0.25, 0.3) is 0 Å². The van der Waals surface area contributed by atoms with E-state index in [1.807, 2.05) is 13.8 Å². The fraction of sp³-hybridized carbons (Fsp3) is 0.652. The molecule has 0 aliphatic rings. The summed E-state index contributed by atoms with van der Waals surface area (Å²) < 4.78 is 0. The number of hydrogen-bond donors (Lipinski definition) is 8. The predicted octanol–water partition coefficient (Wildman–Crippen LogP) is -1.43. The number of hydrogen-bond acceptors (Lipinski definition) is 7. The number of amides is 3. The zero-order chi connectivity index (χ0) is 28.1. The van der Waals surface area contributed by atoms with Crippen LogP contribution in [0.3, 0.4) is 0 Å². The summed E-state index contributed by atoms with van der Waals surface area (Å²) in [7, 11) is 0. The molecular weight excluding hydrogens is 482 g/mol. The largest absolute Gasteiger partial charge is 0.480 e. The summed E-state index contributed by atoms with van der Waals surface area (Å²) in [6.45, 7) is 7.57. The van der Waals surface area contributed by atoms with Crippen molar-refractivity contribution in [2.45, 2.75) is 77.5 Å². The molecule has 37 heavy (non-hydrogen) atoms. The molecule has 0 saturated carbocycles. The quantitative estimate of drug-likeness (QED) is 0.0718. The van der Waals surface area contributed by atoms with Crippen LogP contribution in [0.5, 0.6) is 0 Å². The van der Waals surface area contributed by atoms with Gasteiger partial charge < -0.3 is 43.2 Å². The van der Waals surface area contributed by atoms with E-state index in [2.05, 4.69) is 30.9 Å². The van der Waals surface area contributed by atoms with Gasteiger partial charge in [0.1, 0.15) is 18.1 Å². The highest BCUT2D eigenvalue weighted by atomic mass is 16.4. The lowest BCUT2D eigenvalue weighted by atomic mass is 10.00. The minimum atomic E-state index is -1.26. The average molecular weight is 524 g/mol. The van der Waals surface area contributed by atoms with Gasteiger partial charge in [0, 0.05) is 24.9 Å². The van der Waals surface area contributed by atoms with Crippen LogP contribution < -0.4 is 33.2 Å². The smallest absolute Gasteiger partial charge is 0.326 e. The second kappa shape index (κ2) is 15.4. The number of nitrogens with two attached hydrogens (primary N) is 3. The molecule has 0 spiro atoms. The fourth-order valence-electron chi connectivity index (χ4n) is 3.41. The van der Waals surface area contributed by atoms with Crippen molar-refractivity contribution in [3.8, 4) is 0 Å². The Morgan fingerprint density at radius 2 is 1.59 bits per heavy atom. The first-order valence-electron chi connectivity index (χ1n) is 12.2. The maximum absolute atomic E-state index is 13.2. The zero-order valence-electron chi connectivity index (χ0n) is 21.9. The van der Waals surface area contributed by atoms with E-state index >= 15 is 0 Å². The Balaban J connectivity index is 3.05. The zero-order valence-corrected chi connectivity index (χ0v) is 21.9. The third-order valence-electron chi connectivity index (χ3n) is 5.53. The molecule has 14 nitrogen and oxygen atoms in total. The Hall–Kier alpha value is -3.68. The van der Waals surface area contributed by atoms with Crippen molar-refractivity contribution in [1.82, 2.24) is 25.9 Å². The summed E-state index contributed by atoms with van der Waals surface area (Å²) in [4.78, 5) is 61.1. The van der Waals surface area contributed by atoms with Gasteiger partial charge in [-0.3, -0.25) is 19.4 Å². The van der Waals surface area contributed by atoms with Gasteiger partial charge in [0.25, 0.3) is 0 Å². The molecule has 208 valence electrons. The van der Waals surface area contributed by atoms with Crippen molar-refractivity contribution >= 4 is 29.7 Å². The van der Waals surface area contributed by atoms with Crippen LogP contribution in [-0.4, -0.2) is 75.4 Å². The molecule has 1 rings (SSSR count). The molecule has 0 saturated heterocycles. The van der Waals surface area contributed by atoms with Crippen molar-refractivity contribution < 1.29 is 24.3 Å². The van der Waals surface area contributed by atoms with Gasteiger partial charge in [-0.15, -0.1) is 0 Å². The number of carboxylic acid groups (broad SMARTS) is 1. The van der Waals surface area contributed by atoms with Crippen LogP contribution >= 0.6 is 0 Å². The number of nitrogens with zero attached hydrogens (tertiary/aromatic N) is 2. The number of H-pyrrole nitrogens is 1. The predicted molar refractivity (Wildman–Crippen MR) is 138 cm³/mol. The van der Waals surface area contributed by atoms with Crippen LogP contribution in [0.1, 0.15) is 52.7 Å². The third-order valence-corrected chi connectivity index (χ3v) is 5.53. The number of aliphatic carboxylic acids is 1. The number of aromatic nitrogens is 2. The second-order valence-corrected chi connectivity index (χ2v) is 9.65. The fourth-order valence-corrected chi connectivity index (χ4v) is 3.41. The van der Waals surface area contributed by atoms with Crippen molar-refractivity contribution in [3.63, 3.8) is 0 Å². The van der Waals surface area contributed by atoms with Gasteiger partial charge in [0.2, 0.25) is 17.7 Å². The number of guanidine groups is 1. The minimum absolute atomic E-state index is 0.0329. The van der Waals surface area contributed by atoms with Crippen molar-refractivity contribution in [1.29, 1.82) is 0 Å². The maximum atomic E-state index is 13.2. The van der Waals surface area contributed by atoms with E-state index in [9.17, 15) is 24.3 Å². The first kappa shape index (κ1) is 31.4. The highest BCUT2D eigenvalue weighted by Crippen LogP contribution is 2.09. The minimum Gasteiger partial charge on any atom is -0.480 e. The van der Waals surface area contributed by atoms with Crippen molar-refractivity contribution in [3.05, 3.63) is 18.2 Å². The van der Waals surface area contributed by atoms with E-state index in [0.29, 0.717) is 18.5 Å². The Kier molecular flexibility index (Phi) is 13.1. The Bertz CT molecular complexity index is 914. The van der Waals surface area contributed by atoms with Crippen LogP contribution in [0, 0.1) is 11.8 Å². The molecule has 1 aromatic rings. The number of carboxylic acids is 1. The first-order valence-corrected chi connectivity index (χ1v) is 12.2. The summed E-state index contributed by atoms with van der Waals surface area (Å²) in [5.41, 5.74) is 17.1. The molecule has 11 N–H and O–H groups in total. The maximum Gasteiger partial charge on any atom is 0.326 e. The first-order chi connectivity index (χ1) is 17.3. The molecule has 3 amide bonds. The summed E-state index contributed by atoms with van der Waals surface area (Å²) >= 11 is 0. The van der Waals surface area contributed by atoms with E-state index < -0.39 is 47.9 Å². The Labute approximate surface area is 216 Å². The molecule has 0 aliphatic heterocycles. The average Bonchev–Trinajstić information content (AvgIpc) is 3.31. The van der Waals surface area contributed by atoms with E-state index in [4.69, 9.17) is 17.2 Å². The number of aromatic amines is 1. The number of nitrogens with one attached hydrogen (secondary N) is 4. The Morgan fingerprint density at radius 3 is 2.11 bits per heavy atom. The lowest BCUT2D eigenvalue weighted by Gasteiger charge is -2.26. The van der Waals surface area contributed by atoms with E-state index in [1.165, 1.54) is 12.5 Å². The van der Waals surface area contributed by atoms with E-state index in [0.717, 1.165) is 0 Å². The molecule has 0 aromatic carbocycles. The molecule has 14 heteroatoms. The Morgan fingerprint density at radius 1 is 1.00 bits per heavy atom. The standard InChI is InChI=1S/C23H41N9O5/c1-12(2)8-16(31-21(35)18(24)13(3)4)20(34)30-15(6-5-7-28-23(25)26)19(33)32-17(22(36)37)9-14-10-27-11-29-14/h10-13,15-18H,5-9,24H2,1-4H3,(H,27,29)(H,30,34)(H,31,35)(H,32,33)(H,36,37)(H4,25,26,28). The van der Waals surface area contributed by atoms with Crippen molar-refractivity contribution in [2.75, 3.05) is 6.54 Å². The highest BCUT2D eigenvalue weighted by Gasteiger charge is 2.31. The van der Waals surface area contributed by atoms with E-state index in [-0.39, 0.29) is 37.2 Å². The molecule has 0 fully saturated rings. The van der Waals surface area contributed by atoms with Crippen LogP contribution in [0.15, 0.2) is 17.5 Å². The van der Waals surface area contributed by atoms with Gasteiger partial charge in [-0.2, -0.15) is 0 Å². The number of rotatable bonds is 16. The highest BCUT2D eigenvalue weighted by molar-refractivity contribution is 5.94. The SMILES string of the molecule is CC(C)CC(NC(=O)C(N)C(C)C)C(=O)NC(CCCN=C(N)N)C(=O)NC(Cc1cnc[nH]1)C(=O)O. The molecule has 0 radical (unpaired) electrons. The summed E-state index contributed by atoms with van der Waals surface area (Å²) in [6, 6.07) is -4.11. The molecule has 0 bridgehead atoms. The van der Waals surface area contributed by atoms with Gasteiger partial charge in [0.05, 0.1) is 12.4 Å². The van der Waals surface area contributed by atoms with Gasteiger partial charge >= 0.3 is 5.97 Å². The molecule has 1 heterocycles. The van der Waals surface area contributed by atoms with E-state index in [1.54, 1.807) is 13.8 Å². The molecule has 0 aliphatic carbocycles. The number of carbonyl (C=O) groups is 4. The van der Waals surface area contributed by atoms with Gasteiger partial charge in [-0.05, 0) is 31.1 Å². The van der Waals surface area contributed by atoms with Gasteiger partial charge in [-0.25, -0.2) is 9.78 Å². The lowest BCUT2D eigenvalue weighted by molar-refractivity contribution is -0.142. The normalized spacial score (nSPS) is 14.4. The monoisotopic (exact) mass is 523 g/mol. The van der Waals surface area contributed by atoms with Crippen LogP contribution in [0.2, 0.25) is 0 Å². The summed E-state index contributed by atoms with van der Waals surface area (Å²) in [5.74, 6) is -3.21. The summed E-state index contributed by atoms with van der Waals surface area (Å²) in [6.07, 6.45) is 3.58. The second-order valence-electron chi connectivity index (χ2n) is 9.65. The molecule has 4 unspecified atom stereocenters. The number of imidazole rings is 1. The van der Waals surface area contributed by atoms with Gasteiger partial charge in [0.15, 0.2) is 5.96 Å². The molecular formula is C23H41N9O5. The number of carbonyl (C=O) groups excluding carboxylic acids is 3.